The van der Waals surface area contributed by atoms with Crippen LogP contribution in [0.4, 0.5) is 0 Å². The van der Waals surface area contributed by atoms with Gasteiger partial charge in [0.05, 0.1) is 5.56 Å². The number of ether oxygens (including phenoxy) is 3. The lowest BCUT2D eigenvalue weighted by atomic mass is 10.0. The molecule has 2 aliphatic rings. The Balaban J connectivity index is 1.35. The van der Waals surface area contributed by atoms with E-state index in [4.69, 9.17) is 14.2 Å². The fourth-order valence-corrected chi connectivity index (χ4v) is 3.84. The van der Waals surface area contributed by atoms with Crippen molar-refractivity contribution in [2.24, 2.45) is 0 Å². The molecule has 2 heterocycles. The van der Waals surface area contributed by atoms with E-state index in [1.807, 2.05) is 61.5 Å². The maximum atomic E-state index is 12.8. The molecule has 5 heteroatoms. The van der Waals surface area contributed by atoms with Gasteiger partial charge >= 0.3 is 0 Å². The van der Waals surface area contributed by atoms with Crippen LogP contribution in [0.5, 0.6) is 17.2 Å². The first kappa shape index (κ1) is 19.6. The molecule has 2 aliphatic heterocycles. The number of benzene rings is 3. The van der Waals surface area contributed by atoms with E-state index >= 15 is 0 Å². The van der Waals surface area contributed by atoms with Gasteiger partial charge in [0.2, 0.25) is 5.78 Å². The first-order valence-electron chi connectivity index (χ1n) is 10.00. The van der Waals surface area contributed by atoms with E-state index in [9.17, 15) is 4.79 Å². The van der Waals surface area contributed by atoms with E-state index in [-0.39, 0.29) is 11.9 Å². The van der Waals surface area contributed by atoms with Crippen LogP contribution in [0, 0.1) is 0 Å². The molecule has 5 rings (SSSR count). The van der Waals surface area contributed by atoms with Gasteiger partial charge < -0.3 is 14.2 Å². The Morgan fingerprint density at radius 2 is 1.84 bits per heavy atom. The average molecular weight is 475 g/mol. The van der Waals surface area contributed by atoms with Crippen LogP contribution in [-0.4, -0.2) is 11.9 Å². The Bertz CT molecular complexity index is 1220. The molecule has 0 spiro atoms. The van der Waals surface area contributed by atoms with Crippen LogP contribution in [-0.2, 0) is 6.61 Å². The lowest BCUT2D eigenvalue weighted by molar-refractivity contribution is 0.101. The number of Topliss-reactive ketones (excluding diaryl/α,β-unsaturated/α-hetero) is 1. The van der Waals surface area contributed by atoms with Gasteiger partial charge in [-0.05, 0) is 60.5 Å². The summed E-state index contributed by atoms with van der Waals surface area (Å²) in [5, 5.41) is 0. The zero-order chi connectivity index (χ0) is 21.4. The molecule has 3 aromatic carbocycles. The molecule has 3 aromatic rings. The Morgan fingerprint density at radius 3 is 2.68 bits per heavy atom. The summed E-state index contributed by atoms with van der Waals surface area (Å²) in [5.41, 5.74) is 3.47. The third-order valence-corrected chi connectivity index (χ3v) is 5.80. The topological polar surface area (TPSA) is 44.8 Å². The molecule has 0 amide bonds. The molecule has 0 aliphatic carbocycles. The van der Waals surface area contributed by atoms with Crippen LogP contribution in [0.25, 0.3) is 6.08 Å². The van der Waals surface area contributed by atoms with Crippen LogP contribution < -0.4 is 14.2 Å². The van der Waals surface area contributed by atoms with Gasteiger partial charge in [0.15, 0.2) is 5.76 Å². The second kappa shape index (κ2) is 8.08. The first-order valence-corrected chi connectivity index (χ1v) is 10.8. The zero-order valence-corrected chi connectivity index (χ0v) is 18.4. The highest BCUT2D eigenvalue weighted by Gasteiger charge is 2.29. The third kappa shape index (κ3) is 4.01. The molecule has 0 saturated heterocycles. The van der Waals surface area contributed by atoms with Gasteiger partial charge in [-0.3, -0.25) is 4.79 Å². The van der Waals surface area contributed by atoms with Crippen molar-refractivity contribution in [1.29, 1.82) is 0 Å². The Labute approximate surface area is 188 Å². The highest BCUT2D eigenvalue weighted by atomic mass is 79.9. The molecule has 0 bridgehead atoms. The molecule has 31 heavy (non-hydrogen) atoms. The molecule has 4 nitrogen and oxygen atoms in total. The van der Waals surface area contributed by atoms with Crippen LogP contribution in [0.1, 0.15) is 28.4 Å². The van der Waals surface area contributed by atoms with Crippen LogP contribution in [0.3, 0.4) is 0 Å². The lowest BCUT2D eigenvalue weighted by Gasteiger charge is -2.22. The van der Waals surface area contributed by atoms with Gasteiger partial charge in [-0.25, -0.2) is 0 Å². The standard InChI is InChI=1S/C26H19BrO4/c1-16-19(12-18-4-2-3-5-23(18)30-16)13-25-26(28)22-11-10-21(14-24(22)31-25)29-15-17-6-8-20(27)9-7-17/h2-14,16H,15H2,1H3/b25-13-. The summed E-state index contributed by atoms with van der Waals surface area (Å²) in [5.74, 6) is 2.15. The van der Waals surface area contributed by atoms with Crippen molar-refractivity contribution < 1.29 is 19.0 Å². The number of hydrogen-bond donors (Lipinski definition) is 0. The van der Waals surface area contributed by atoms with Gasteiger partial charge in [-0.1, -0.05) is 46.3 Å². The molecule has 0 saturated carbocycles. The number of allylic oxidation sites excluding steroid dienone is 1. The smallest absolute Gasteiger partial charge is 0.231 e. The van der Waals surface area contributed by atoms with Gasteiger partial charge in [0.25, 0.3) is 0 Å². The van der Waals surface area contributed by atoms with E-state index in [0.717, 1.165) is 26.9 Å². The SMILES string of the molecule is CC1Oc2ccccc2C=C1/C=C1\Oc2cc(OCc3ccc(Br)cc3)ccc2C1=O. The number of ketones is 1. The number of carbonyl (C=O) groups is 1. The van der Waals surface area contributed by atoms with E-state index in [1.54, 1.807) is 24.3 Å². The highest BCUT2D eigenvalue weighted by Crippen LogP contribution is 2.36. The van der Waals surface area contributed by atoms with Crippen molar-refractivity contribution in [3.63, 3.8) is 0 Å². The molecular formula is C26H19BrO4. The quantitative estimate of drug-likeness (QED) is 0.413. The largest absolute Gasteiger partial charge is 0.489 e. The fourth-order valence-electron chi connectivity index (χ4n) is 3.58. The van der Waals surface area contributed by atoms with Crippen LogP contribution in [0.2, 0.25) is 0 Å². The van der Waals surface area contributed by atoms with Gasteiger partial charge in [0, 0.05) is 16.1 Å². The maximum Gasteiger partial charge on any atom is 0.231 e. The molecule has 0 radical (unpaired) electrons. The normalized spacial score (nSPS) is 18.0. The van der Waals surface area contributed by atoms with E-state index in [1.165, 1.54) is 0 Å². The van der Waals surface area contributed by atoms with Crippen molar-refractivity contribution in [3.05, 3.63) is 105 Å². The van der Waals surface area contributed by atoms with Crippen LogP contribution in [0.15, 0.2) is 88.6 Å². The number of fused-ring (bicyclic) bond motifs is 2. The summed E-state index contributed by atoms with van der Waals surface area (Å²) in [6, 6.07) is 21.1. The number of halogens is 1. The van der Waals surface area contributed by atoms with E-state index in [0.29, 0.717) is 29.4 Å². The minimum absolute atomic E-state index is 0.138. The highest BCUT2D eigenvalue weighted by molar-refractivity contribution is 9.10. The molecule has 1 unspecified atom stereocenters. The average Bonchev–Trinajstić information content (AvgIpc) is 3.08. The minimum Gasteiger partial charge on any atom is -0.489 e. The Hall–Kier alpha value is -3.31. The Morgan fingerprint density at radius 1 is 1.03 bits per heavy atom. The van der Waals surface area contributed by atoms with Gasteiger partial charge in [-0.2, -0.15) is 0 Å². The number of para-hydroxylation sites is 1. The Kier molecular flexibility index (Phi) is 5.12. The van der Waals surface area contributed by atoms with E-state index in [2.05, 4.69) is 15.9 Å². The van der Waals surface area contributed by atoms with Crippen molar-refractivity contribution in [3.8, 4) is 17.2 Å². The van der Waals surface area contributed by atoms with E-state index < -0.39 is 0 Å². The van der Waals surface area contributed by atoms with Gasteiger partial charge in [-0.15, -0.1) is 0 Å². The lowest BCUT2D eigenvalue weighted by Crippen LogP contribution is -2.18. The summed E-state index contributed by atoms with van der Waals surface area (Å²) in [6.07, 6.45) is 3.63. The second-order valence-corrected chi connectivity index (χ2v) is 8.37. The van der Waals surface area contributed by atoms with Crippen molar-refractivity contribution in [2.75, 3.05) is 0 Å². The van der Waals surface area contributed by atoms with Crippen LogP contribution >= 0.6 is 15.9 Å². The summed E-state index contributed by atoms with van der Waals surface area (Å²) < 4.78 is 18.8. The number of carbonyl (C=O) groups excluding carboxylic acids is 1. The molecule has 0 aromatic heterocycles. The maximum absolute atomic E-state index is 12.8. The molecule has 154 valence electrons. The van der Waals surface area contributed by atoms with Gasteiger partial charge in [0.1, 0.15) is 30.0 Å². The van der Waals surface area contributed by atoms with Crippen molar-refractivity contribution in [1.82, 2.24) is 0 Å². The van der Waals surface area contributed by atoms with Crippen molar-refractivity contribution in [2.45, 2.75) is 19.6 Å². The molecule has 0 fully saturated rings. The first-order chi connectivity index (χ1) is 15.1. The second-order valence-electron chi connectivity index (χ2n) is 7.46. The zero-order valence-electron chi connectivity index (χ0n) is 16.8. The summed E-state index contributed by atoms with van der Waals surface area (Å²) in [7, 11) is 0. The fraction of sp³-hybridized carbons (Fsp3) is 0.115. The van der Waals surface area contributed by atoms with Crippen molar-refractivity contribution >= 4 is 27.8 Å². The molecule has 1 atom stereocenters. The predicted molar refractivity (Wildman–Crippen MR) is 122 cm³/mol. The molecule has 0 N–H and O–H groups in total. The molecular weight excluding hydrogens is 456 g/mol. The summed E-state index contributed by atoms with van der Waals surface area (Å²) >= 11 is 3.43. The number of hydrogen-bond acceptors (Lipinski definition) is 4. The monoisotopic (exact) mass is 474 g/mol. The third-order valence-electron chi connectivity index (χ3n) is 5.27. The minimum atomic E-state index is -0.174. The predicted octanol–water partition coefficient (Wildman–Crippen LogP) is 6.35. The number of rotatable bonds is 4. The summed E-state index contributed by atoms with van der Waals surface area (Å²) in [4.78, 5) is 12.8. The summed E-state index contributed by atoms with van der Waals surface area (Å²) in [6.45, 7) is 2.39.